The minimum atomic E-state index is 0.691. The summed E-state index contributed by atoms with van der Waals surface area (Å²) in [5, 5.41) is 8.63. The molecule has 2 aromatic heterocycles. The molecule has 0 radical (unpaired) electrons. The molecule has 0 spiro atoms. The normalized spacial score (nSPS) is 10.3. The van der Waals surface area contributed by atoms with Crippen molar-refractivity contribution in [1.82, 2.24) is 9.97 Å². The molecule has 0 amide bonds. The zero-order valence-corrected chi connectivity index (χ0v) is 11.5. The van der Waals surface area contributed by atoms with Crippen molar-refractivity contribution in [3.8, 4) is 0 Å². The number of nitrogens with one attached hydrogen (secondary N) is 2. The fraction of sp³-hybridized carbons (Fsp3) is 0.385. The standard InChI is InChI=1S/C13H18N4S/c1-3-6-14-13-16-8-10(2)12(17-13)15-9-11-5-4-7-18-11/h4-5,7-8H,3,6,9H2,1-2H3,(H2,14,15,16,17). The smallest absolute Gasteiger partial charge is 0.224 e. The van der Waals surface area contributed by atoms with Gasteiger partial charge in [0.25, 0.3) is 0 Å². The summed E-state index contributed by atoms with van der Waals surface area (Å²) in [6.45, 7) is 5.84. The molecular weight excluding hydrogens is 244 g/mol. The molecular formula is C13H18N4S. The minimum Gasteiger partial charge on any atom is -0.365 e. The Bertz CT molecular complexity index is 482. The van der Waals surface area contributed by atoms with E-state index in [0.717, 1.165) is 30.9 Å². The SMILES string of the molecule is CCCNc1ncc(C)c(NCc2cccs2)n1. The Labute approximate surface area is 111 Å². The number of nitrogens with zero attached hydrogens (tertiary/aromatic N) is 2. The van der Waals surface area contributed by atoms with Crippen LogP contribution < -0.4 is 10.6 Å². The van der Waals surface area contributed by atoms with Crippen LogP contribution in [0.3, 0.4) is 0 Å². The molecule has 4 nitrogen and oxygen atoms in total. The highest BCUT2D eigenvalue weighted by molar-refractivity contribution is 7.09. The molecule has 5 heteroatoms. The van der Waals surface area contributed by atoms with Gasteiger partial charge < -0.3 is 10.6 Å². The maximum Gasteiger partial charge on any atom is 0.224 e. The summed E-state index contributed by atoms with van der Waals surface area (Å²) in [6, 6.07) is 4.17. The van der Waals surface area contributed by atoms with Crippen LogP contribution in [0.1, 0.15) is 23.8 Å². The van der Waals surface area contributed by atoms with Gasteiger partial charge in [0, 0.05) is 23.2 Å². The summed E-state index contributed by atoms with van der Waals surface area (Å²) >= 11 is 1.74. The molecule has 0 aliphatic heterocycles. The summed E-state index contributed by atoms with van der Waals surface area (Å²) in [5.74, 6) is 1.59. The van der Waals surface area contributed by atoms with Crippen LogP contribution in [0.2, 0.25) is 0 Å². The molecule has 0 bridgehead atoms. The number of rotatable bonds is 6. The van der Waals surface area contributed by atoms with E-state index < -0.39 is 0 Å². The van der Waals surface area contributed by atoms with Gasteiger partial charge in [0.15, 0.2) is 0 Å². The summed E-state index contributed by atoms with van der Waals surface area (Å²) in [6.07, 6.45) is 2.91. The van der Waals surface area contributed by atoms with Crippen LogP contribution in [0.5, 0.6) is 0 Å². The zero-order chi connectivity index (χ0) is 12.8. The van der Waals surface area contributed by atoms with E-state index in [1.54, 1.807) is 11.3 Å². The summed E-state index contributed by atoms with van der Waals surface area (Å²) in [7, 11) is 0. The van der Waals surface area contributed by atoms with E-state index in [1.165, 1.54) is 4.88 Å². The highest BCUT2D eigenvalue weighted by Crippen LogP contribution is 2.15. The molecule has 96 valence electrons. The highest BCUT2D eigenvalue weighted by atomic mass is 32.1. The van der Waals surface area contributed by atoms with E-state index >= 15 is 0 Å². The average molecular weight is 262 g/mol. The highest BCUT2D eigenvalue weighted by Gasteiger charge is 2.03. The second-order valence-electron chi connectivity index (χ2n) is 4.08. The first-order chi connectivity index (χ1) is 8.79. The van der Waals surface area contributed by atoms with Crippen LogP contribution in [-0.2, 0) is 6.54 Å². The van der Waals surface area contributed by atoms with E-state index in [-0.39, 0.29) is 0 Å². The number of aromatic nitrogens is 2. The second kappa shape index (κ2) is 6.35. The van der Waals surface area contributed by atoms with E-state index in [4.69, 9.17) is 0 Å². The van der Waals surface area contributed by atoms with Crippen LogP contribution in [0.15, 0.2) is 23.7 Å². The third-order valence-corrected chi connectivity index (χ3v) is 3.39. The predicted molar refractivity (Wildman–Crippen MR) is 77.2 cm³/mol. The molecule has 0 aromatic carbocycles. The average Bonchev–Trinajstić information content (AvgIpc) is 2.89. The van der Waals surface area contributed by atoms with Gasteiger partial charge in [0.1, 0.15) is 5.82 Å². The molecule has 0 unspecified atom stereocenters. The zero-order valence-electron chi connectivity index (χ0n) is 10.7. The van der Waals surface area contributed by atoms with Crippen molar-refractivity contribution < 1.29 is 0 Å². The Hall–Kier alpha value is -1.62. The lowest BCUT2D eigenvalue weighted by molar-refractivity contribution is 0.947. The molecule has 0 saturated carbocycles. The second-order valence-corrected chi connectivity index (χ2v) is 5.12. The van der Waals surface area contributed by atoms with E-state index in [9.17, 15) is 0 Å². The molecule has 0 fully saturated rings. The fourth-order valence-electron chi connectivity index (χ4n) is 1.53. The molecule has 0 aliphatic carbocycles. The fourth-order valence-corrected chi connectivity index (χ4v) is 2.17. The number of aryl methyl sites for hydroxylation is 1. The third kappa shape index (κ3) is 3.43. The van der Waals surface area contributed by atoms with Gasteiger partial charge in [-0.2, -0.15) is 4.98 Å². The Morgan fingerprint density at radius 2 is 2.22 bits per heavy atom. The molecule has 2 rings (SSSR count). The molecule has 2 N–H and O–H groups in total. The van der Waals surface area contributed by atoms with Gasteiger partial charge in [-0.1, -0.05) is 13.0 Å². The maximum absolute atomic E-state index is 4.48. The van der Waals surface area contributed by atoms with Crippen LogP contribution in [0.25, 0.3) is 0 Å². The van der Waals surface area contributed by atoms with Crippen molar-refractivity contribution in [3.05, 3.63) is 34.2 Å². The predicted octanol–water partition coefficient (Wildman–Crippen LogP) is 3.28. The Morgan fingerprint density at radius 1 is 1.33 bits per heavy atom. The lowest BCUT2D eigenvalue weighted by Crippen LogP contribution is -2.08. The molecule has 2 aromatic rings. The van der Waals surface area contributed by atoms with Crippen LogP contribution in [0, 0.1) is 6.92 Å². The topological polar surface area (TPSA) is 49.8 Å². The first-order valence-electron chi connectivity index (χ1n) is 6.13. The summed E-state index contributed by atoms with van der Waals surface area (Å²) in [5.41, 5.74) is 1.06. The summed E-state index contributed by atoms with van der Waals surface area (Å²) in [4.78, 5) is 10.0. The lowest BCUT2D eigenvalue weighted by atomic mass is 10.3. The maximum atomic E-state index is 4.48. The number of thiophene rings is 1. The van der Waals surface area contributed by atoms with Gasteiger partial charge in [0.05, 0.1) is 6.54 Å². The molecule has 0 aliphatic rings. The lowest BCUT2D eigenvalue weighted by Gasteiger charge is -2.09. The third-order valence-electron chi connectivity index (χ3n) is 2.51. The van der Waals surface area contributed by atoms with Crippen molar-refractivity contribution >= 4 is 23.1 Å². The number of hydrogen-bond acceptors (Lipinski definition) is 5. The van der Waals surface area contributed by atoms with Gasteiger partial charge in [-0.05, 0) is 24.8 Å². The van der Waals surface area contributed by atoms with Crippen LogP contribution >= 0.6 is 11.3 Å². The quantitative estimate of drug-likeness (QED) is 0.839. The van der Waals surface area contributed by atoms with E-state index in [2.05, 4.69) is 45.0 Å². The van der Waals surface area contributed by atoms with Gasteiger partial charge >= 0.3 is 0 Å². The molecule has 18 heavy (non-hydrogen) atoms. The van der Waals surface area contributed by atoms with Gasteiger partial charge in [-0.15, -0.1) is 11.3 Å². The van der Waals surface area contributed by atoms with E-state index in [0.29, 0.717) is 5.95 Å². The van der Waals surface area contributed by atoms with Crippen LogP contribution in [0.4, 0.5) is 11.8 Å². The van der Waals surface area contributed by atoms with Gasteiger partial charge in [-0.25, -0.2) is 4.98 Å². The van der Waals surface area contributed by atoms with Crippen molar-refractivity contribution in [1.29, 1.82) is 0 Å². The van der Waals surface area contributed by atoms with Gasteiger partial charge in [0.2, 0.25) is 5.95 Å². The minimum absolute atomic E-state index is 0.691. The Balaban J connectivity index is 2.01. The molecule has 2 heterocycles. The monoisotopic (exact) mass is 262 g/mol. The number of anilines is 2. The van der Waals surface area contributed by atoms with Gasteiger partial charge in [-0.3, -0.25) is 0 Å². The van der Waals surface area contributed by atoms with E-state index in [1.807, 2.05) is 13.1 Å². The van der Waals surface area contributed by atoms with Crippen molar-refractivity contribution in [2.24, 2.45) is 0 Å². The van der Waals surface area contributed by atoms with Crippen molar-refractivity contribution in [2.75, 3.05) is 17.2 Å². The Kier molecular flexibility index (Phi) is 4.52. The first kappa shape index (κ1) is 12.8. The summed E-state index contributed by atoms with van der Waals surface area (Å²) < 4.78 is 0. The van der Waals surface area contributed by atoms with Crippen molar-refractivity contribution in [3.63, 3.8) is 0 Å². The number of hydrogen-bond donors (Lipinski definition) is 2. The molecule has 0 saturated heterocycles. The Morgan fingerprint density at radius 3 is 2.94 bits per heavy atom. The van der Waals surface area contributed by atoms with Crippen LogP contribution in [-0.4, -0.2) is 16.5 Å². The largest absolute Gasteiger partial charge is 0.365 e. The first-order valence-corrected chi connectivity index (χ1v) is 7.01. The molecule has 0 atom stereocenters. The van der Waals surface area contributed by atoms with Crippen molar-refractivity contribution in [2.45, 2.75) is 26.8 Å².